The first kappa shape index (κ1) is 11.9. The van der Waals surface area contributed by atoms with Crippen LogP contribution in [0.1, 0.15) is 16.7 Å². The van der Waals surface area contributed by atoms with Gasteiger partial charge in [0.05, 0.1) is 6.61 Å². The van der Waals surface area contributed by atoms with Crippen LogP contribution in [0.4, 0.5) is 0 Å². The van der Waals surface area contributed by atoms with E-state index in [0.717, 1.165) is 21.7 Å². The molecule has 0 aromatic heterocycles. The minimum atomic E-state index is 0.0845. The Morgan fingerprint density at radius 3 is 1.76 bits per heavy atom. The largest absolute Gasteiger partial charge is 0.392 e. The molecule has 0 heterocycles. The van der Waals surface area contributed by atoms with Crippen molar-refractivity contribution in [3.05, 3.63) is 70.2 Å². The predicted molar refractivity (Wildman–Crippen MR) is 72.7 cm³/mol. The fourth-order valence-electron chi connectivity index (χ4n) is 1.50. The van der Waals surface area contributed by atoms with E-state index in [9.17, 15) is 0 Å². The van der Waals surface area contributed by atoms with E-state index < -0.39 is 0 Å². The van der Waals surface area contributed by atoms with Gasteiger partial charge >= 0.3 is 0 Å². The van der Waals surface area contributed by atoms with E-state index in [1.54, 1.807) is 0 Å². The first-order valence-electron chi connectivity index (χ1n) is 5.41. The zero-order valence-electron chi connectivity index (χ0n) is 9.31. The van der Waals surface area contributed by atoms with E-state index in [2.05, 4.69) is 0 Å². The van der Waals surface area contributed by atoms with Gasteiger partial charge in [0.25, 0.3) is 0 Å². The van der Waals surface area contributed by atoms with Crippen LogP contribution in [0.15, 0.2) is 48.5 Å². The molecule has 0 aliphatic carbocycles. The maximum Gasteiger partial charge on any atom is 0.0681 e. The predicted octanol–water partition coefficient (Wildman–Crippen LogP) is 4.00. The van der Waals surface area contributed by atoms with Crippen LogP contribution >= 0.6 is 11.6 Å². The molecule has 0 aliphatic rings. The standard InChI is InChI=1S/C15H13ClO/c16-15-9-7-13(8-10-15)2-1-12-3-5-14(11-17)6-4-12/h1-10,17H,11H2/b2-1+. The van der Waals surface area contributed by atoms with Crippen molar-refractivity contribution in [3.63, 3.8) is 0 Å². The highest BCUT2D eigenvalue weighted by atomic mass is 35.5. The highest BCUT2D eigenvalue weighted by Gasteiger charge is 1.91. The third-order valence-corrected chi connectivity index (χ3v) is 2.75. The lowest BCUT2D eigenvalue weighted by atomic mass is 10.1. The first-order valence-corrected chi connectivity index (χ1v) is 5.79. The monoisotopic (exact) mass is 244 g/mol. The highest BCUT2D eigenvalue weighted by Crippen LogP contribution is 2.13. The first-order chi connectivity index (χ1) is 8.28. The molecule has 0 saturated heterocycles. The number of benzene rings is 2. The number of halogens is 1. The average molecular weight is 245 g/mol. The molecule has 2 rings (SSSR count). The van der Waals surface area contributed by atoms with Gasteiger partial charge in [-0.3, -0.25) is 0 Å². The molecule has 0 amide bonds. The molecule has 1 nitrogen and oxygen atoms in total. The summed E-state index contributed by atoms with van der Waals surface area (Å²) in [5.41, 5.74) is 3.14. The van der Waals surface area contributed by atoms with E-state index in [1.807, 2.05) is 60.7 Å². The van der Waals surface area contributed by atoms with E-state index in [-0.39, 0.29) is 6.61 Å². The second kappa shape index (κ2) is 5.67. The average Bonchev–Trinajstić information content (AvgIpc) is 2.39. The topological polar surface area (TPSA) is 20.2 Å². The van der Waals surface area contributed by atoms with Crippen LogP contribution in [0.3, 0.4) is 0 Å². The Kier molecular flexibility index (Phi) is 3.97. The number of hydrogen-bond donors (Lipinski definition) is 1. The summed E-state index contributed by atoms with van der Waals surface area (Å²) in [6, 6.07) is 15.5. The van der Waals surface area contributed by atoms with Crippen molar-refractivity contribution >= 4 is 23.8 Å². The molecular weight excluding hydrogens is 232 g/mol. The molecule has 0 atom stereocenters. The van der Waals surface area contributed by atoms with Crippen molar-refractivity contribution in [2.45, 2.75) is 6.61 Å². The summed E-state index contributed by atoms with van der Waals surface area (Å²) in [5, 5.41) is 9.68. The summed E-state index contributed by atoms with van der Waals surface area (Å²) >= 11 is 5.81. The maximum atomic E-state index is 8.93. The van der Waals surface area contributed by atoms with E-state index in [0.29, 0.717) is 0 Å². The molecule has 0 saturated carbocycles. The van der Waals surface area contributed by atoms with Gasteiger partial charge in [0.15, 0.2) is 0 Å². The van der Waals surface area contributed by atoms with Gasteiger partial charge in [-0.25, -0.2) is 0 Å². The molecule has 0 radical (unpaired) electrons. The number of aliphatic hydroxyl groups excluding tert-OH is 1. The van der Waals surface area contributed by atoms with Crippen LogP contribution in [0.2, 0.25) is 5.02 Å². The zero-order chi connectivity index (χ0) is 12.1. The van der Waals surface area contributed by atoms with Gasteiger partial charge in [-0.1, -0.05) is 60.2 Å². The van der Waals surface area contributed by atoms with E-state index >= 15 is 0 Å². The van der Waals surface area contributed by atoms with Gasteiger partial charge in [0, 0.05) is 5.02 Å². The second-order valence-corrected chi connectivity index (χ2v) is 4.22. The van der Waals surface area contributed by atoms with Crippen molar-refractivity contribution in [3.8, 4) is 0 Å². The molecule has 2 aromatic carbocycles. The smallest absolute Gasteiger partial charge is 0.0681 e. The lowest BCUT2D eigenvalue weighted by Gasteiger charge is -1.97. The van der Waals surface area contributed by atoms with Crippen molar-refractivity contribution < 1.29 is 5.11 Å². The van der Waals surface area contributed by atoms with Gasteiger partial charge in [-0.15, -0.1) is 0 Å². The lowest BCUT2D eigenvalue weighted by Crippen LogP contribution is -1.81. The van der Waals surface area contributed by atoms with Gasteiger partial charge < -0.3 is 5.11 Å². The van der Waals surface area contributed by atoms with E-state index in [1.165, 1.54) is 0 Å². The fourth-order valence-corrected chi connectivity index (χ4v) is 1.63. The molecular formula is C15H13ClO. The molecule has 2 aromatic rings. The Bertz CT molecular complexity index is 497. The normalized spacial score (nSPS) is 10.9. The SMILES string of the molecule is OCc1ccc(/C=C/c2ccc(Cl)cc2)cc1. The molecule has 0 spiro atoms. The number of rotatable bonds is 3. The maximum absolute atomic E-state index is 8.93. The molecule has 1 N–H and O–H groups in total. The Hall–Kier alpha value is -1.57. The van der Waals surface area contributed by atoms with Crippen LogP contribution in [0.25, 0.3) is 12.2 Å². The van der Waals surface area contributed by atoms with Crippen LogP contribution in [-0.4, -0.2) is 5.11 Å². The molecule has 2 heteroatoms. The summed E-state index contributed by atoms with van der Waals surface area (Å²) in [4.78, 5) is 0. The van der Waals surface area contributed by atoms with Crippen molar-refractivity contribution in [1.29, 1.82) is 0 Å². The van der Waals surface area contributed by atoms with Gasteiger partial charge in [-0.05, 0) is 28.8 Å². The van der Waals surface area contributed by atoms with Crippen LogP contribution in [0, 0.1) is 0 Å². The number of hydrogen-bond acceptors (Lipinski definition) is 1. The minimum Gasteiger partial charge on any atom is -0.392 e. The van der Waals surface area contributed by atoms with Gasteiger partial charge in [0.2, 0.25) is 0 Å². The van der Waals surface area contributed by atoms with Crippen molar-refractivity contribution in [1.82, 2.24) is 0 Å². The Morgan fingerprint density at radius 2 is 1.29 bits per heavy atom. The summed E-state index contributed by atoms with van der Waals surface area (Å²) in [7, 11) is 0. The Labute approximate surface area is 106 Å². The second-order valence-electron chi connectivity index (χ2n) is 3.78. The lowest BCUT2D eigenvalue weighted by molar-refractivity contribution is 0.282. The Morgan fingerprint density at radius 1 is 0.824 bits per heavy atom. The third kappa shape index (κ3) is 3.45. The fraction of sp³-hybridized carbons (Fsp3) is 0.0667. The summed E-state index contributed by atoms with van der Waals surface area (Å²) in [5.74, 6) is 0. The van der Waals surface area contributed by atoms with Gasteiger partial charge in [0.1, 0.15) is 0 Å². The molecule has 0 fully saturated rings. The molecule has 0 aliphatic heterocycles. The van der Waals surface area contributed by atoms with Crippen molar-refractivity contribution in [2.24, 2.45) is 0 Å². The summed E-state index contributed by atoms with van der Waals surface area (Å²) < 4.78 is 0. The Balaban J connectivity index is 2.11. The third-order valence-electron chi connectivity index (χ3n) is 2.50. The summed E-state index contributed by atoms with van der Waals surface area (Å²) in [6.45, 7) is 0.0845. The van der Waals surface area contributed by atoms with Crippen LogP contribution in [0.5, 0.6) is 0 Å². The molecule has 0 bridgehead atoms. The van der Waals surface area contributed by atoms with Crippen LogP contribution < -0.4 is 0 Å². The van der Waals surface area contributed by atoms with Crippen molar-refractivity contribution in [2.75, 3.05) is 0 Å². The zero-order valence-corrected chi connectivity index (χ0v) is 10.1. The van der Waals surface area contributed by atoms with Crippen LogP contribution in [-0.2, 0) is 6.61 Å². The number of aliphatic hydroxyl groups is 1. The minimum absolute atomic E-state index is 0.0845. The summed E-state index contributed by atoms with van der Waals surface area (Å²) in [6.07, 6.45) is 4.06. The van der Waals surface area contributed by atoms with Gasteiger partial charge in [-0.2, -0.15) is 0 Å². The quantitative estimate of drug-likeness (QED) is 0.809. The highest BCUT2D eigenvalue weighted by molar-refractivity contribution is 6.30. The molecule has 86 valence electrons. The molecule has 17 heavy (non-hydrogen) atoms. The molecule has 0 unspecified atom stereocenters. The van der Waals surface area contributed by atoms with E-state index in [4.69, 9.17) is 16.7 Å².